The van der Waals surface area contributed by atoms with Crippen molar-refractivity contribution in [1.29, 1.82) is 0 Å². The number of aromatic nitrogens is 1. The average molecular weight is 287 g/mol. The molecule has 0 aliphatic carbocycles. The van der Waals surface area contributed by atoms with Crippen LogP contribution in [0.3, 0.4) is 0 Å². The maximum absolute atomic E-state index is 12.6. The van der Waals surface area contributed by atoms with Gasteiger partial charge in [0.1, 0.15) is 5.69 Å². The summed E-state index contributed by atoms with van der Waals surface area (Å²) in [5.41, 5.74) is 1.66. The van der Waals surface area contributed by atoms with E-state index in [1.165, 1.54) is 0 Å². The normalized spacial score (nSPS) is 20.6. The minimum Gasteiger partial charge on any atom is -0.356 e. The molecule has 2 fully saturated rings. The zero-order valence-electron chi connectivity index (χ0n) is 12.4. The van der Waals surface area contributed by atoms with E-state index in [4.69, 9.17) is 0 Å². The van der Waals surface area contributed by atoms with E-state index >= 15 is 0 Å². The summed E-state index contributed by atoms with van der Waals surface area (Å²) in [5, 5.41) is 2.92. The summed E-state index contributed by atoms with van der Waals surface area (Å²) in [7, 11) is 0. The minimum absolute atomic E-state index is 0.0274. The lowest BCUT2D eigenvalue weighted by atomic mass is 9.77. The Kier molecular flexibility index (Phi) is 3.66. The molecule has 5 heteroatoms. The van der Waals surface area contributed by atoms with Gasteiger partial charge in [-0.15, -0.1) is 0 Å². The summed E-state index contributed by atoms with van der Waals surface area (Å²) in [4.78, 5) is 30.2. The molecule has 5 nitrogen and oxygen atoms in total. The first-order valence-electron chi connectivity index (χ1n) is 7.63. The number of aryl methyl sites for hydroxylation is 1. The number of carbonyl (C=O) groups is 2. The topological polar surface area (TPSA) is 62.3 Å². The number of carbonyl (C=O) groups excluding carboxylic acids is 2. The molecule has 112 valence electrons. The first-order chi connectivity index (χ1) is 10.1. The molecule has 2 aliphatic heterocycles. The monoisotopic (exact) mass is 287 g/mol. The number of amides is 2. The van der Waals surface area contributed by atoms with Gasteiger partial charge in [-0.05, 0) is 36.3 Å². The molecule has 1 aromatic rings. The molecule has 1 spiro atoms. The van der Waals surface area contributed by atoms with Crippen LogP contribution in [0.1, 0.15) is 42.2 Å². The highest BCUT2D eigenvalue weighted by molar-refractivity contribution is 5.93. The maximum Gasteiger partial charge on any atom is 0.272 e. The predicted molar refractivity (Wildman–Crippen MR) is 78.8 cm³/mol. The third-order valence-electron chi connectivity index (χ3n) is 4.78. The largest absolute Gasteiger partial charge is 0.356 e. The van der Waals surface area contributed by atoms with Gasteiger partial charge in [-0.3, -0.25) is 14.6 Å². The number of nitrogens with one attached hydrogen (secondary N) is 1. The standard InChI is InChI=1S/C16H21N3O2/c1-2-12-4-3-7-17-14(12)15(21)19-8-5-16(6-9-19)10-13(20)18-11-16/h3-4,7H,2,5-6,8-11H2,1H3,(H,18,20). The third-order valence-corrected chi connectivity index (χ3v) is 4.78. The molecule has 0 unspecified atom stereocenters. The molecule has 0 atom stereocenters. The number of nitrogens with zero attached hydrogens (tertiary/aromatic N) is 2. The van der Waals surface area contributed by atoms with Crippen LogP contribution in [0.2, 0.25) is 0 Å². The summed E-state index contributed by atoms with van der Waals surface area (Å²) in [6.45, 7) is 4.23. The van der Waals surface area contributed by atoms with E-state index in [0.717, 1.165) is 31.4 Å². The molecular weight excluding hydrogens is 266 g/mol. The third kappa shape index (κ3) is 2.64. The Balaban J connectivity index is 1.69. The highest BCUT2D eigenvalue weighted by Gasteiger charge is 2.41. The smallest absolute Gasteiger partial charge is 0.272 e. The molecule has 1 N–H and O–H groups in total. The lowest BCUT2D eigenvalue weighted by Crippen LogP contribution is -2.44. The predicted octanol–water partition coefficient (Wildman–Crippen LogP) is 1.39. The second-order valence-corrected chi connectivity index (χ2v) is 6.11. The molecule has 0 saturated carbocycles. The Morgan fingerprint density at radius 3 is 2.81 bits per heavy atom. The first-order valence-corrected chi connectivity index (χ1v) is 7.63. The van der Waals surface area contributed by atoms with Crippen molar-refractivity contribution in [3.8, 4) is 0 Å². The Hall–Kier alpha value is -1.91. The Morgan fingerprint density at radius 1 is 1.43 bits per heavy atom. The minimum atomic E-state index is 0.0274. The summed E-state index contributed by atoms with van der Waals surface area (Å²) in [5.74, 6) is 0.173. The van der Waals surface area contributed by atoms with Gasteiger partial charge in [0, 0.05) is 32.3 Å². The molecule has 2 amide bonds. The molecule has 0 bridgehead atoms. The van der Waals surface area contributed by atoms with Gasteiger partial charge in [0.15, 0.2) is 0 Å². The van der Waals surface area contributed by atoms with Gasteiger partial charge in [-0.2, -0.15) is 0 Å². The highest BCUT2D eigenvalue weighted by Crippen LogP contribution is 2.37. The lowest BCUT2D eigenvalue weighted by Gasteiger charge is -2.38. The van der Waals surface area contributed by atoms with E-state index in [1.807, 2.05) is 24.0 Å². The fourth-order valence-corrected chi connectivity index (χ4v) is 3.36. The van der Waals surface area contributed by atoms with Crippen LogP contribution in [0.15, 0.2) is 18.3 Å². The molecule has 3 rings (SSSR count). The van der Waals surface area contributed by atoms with E-state index in [0.29, 0.717) is 25.2 Å². The van der Waals surface area contributed by atoms with E-state index in [1.54, 1.807) is 6.20 Å². The van der Waals surface area contributed by atoms with Gasteiger partial charge in [0.05, 0.1) is 0 Å². The van der Waals surface area contributed by atoms with Gasteiger partial charge >= 0.3 is 0 Å². The molecule has 0 radical (unpaired) electrons. The van der Waals surface area contributed by atoms with Crippen LogP contribution in [-0.2, 0) is 11.2 Å². The van der Waals surface area contributed by atoms with Crippen molar-refractivity contribution < 1.29 is 9.59 Å². The first kappa shape index (κ1) is 14.0. The molecule has 3 heterocycles. The van der Waals surface area contributed by atoms with Gasteiger partial charge in [-0.25, -0.2) is 0 Å². The molecular formula is C16H21N3O2. The summed E-state index contributed by atoms with van der Waals surface area (Å²) in [6, 6.07) is 3.84. The zero-order valence-corrected chi connectivity index (χ0v) is 12.4. The van der Waals surface area contributed by atoms with Crippen molar-refractivity contribution in [1.82, 2.24) is 15.2 Å². The van der Waals surface area contributed by atoms with Gasteiger partial charge in [0.25, 0.3) is 5.91 Å². The Bertz CT molecular complexity index is 562. The number of piperidine rings is 1. The Morgan fingerprint density at radius 2 is 2.19 bits per heavy atom. The molecule has 2 aliphatic rings. The zero-order chi connectivity index (χ0) is 14.9. The molecule has 0 aromatic carbocycles. The highest BCUT2D eigenvalue weighted by atomic mass is 16.2. The quantitative estimate of drug-likeness (QED) is 0.894. The number of hydrogen-bond donors (Lipinski definition) is 1. The Labute approximate surface area is 124 Å². The second kappa shape index (κ2) is 5.47. The van der Waals surface area contributed by atoms with Gasteiger partial charge < -0.3 is 10.2 Å². The number of rotatable bonds is 2. The van der Waals surface area contributed by atoms with Crippen LogP contribution in [0, 0.1) is 5.41 Å². The molecule has 2 saturated heterocycles. The summed E-state index contributed by atoms with van der Waals surface area (Å²) in [6.07, 6.45) is 4.89. The van der Waals surface area contributed by atoms with Crippen LogP contribution < -0.4 is 5.32 Å². The van der Waals surface area contributed by atoms with E-state index in [9.17, 15) is 9.59 Å². The van der Waals surface area contributed by atoms with Crippen molar-refractivity contribution >= 4 is 11.8 Å². The molecule has 1 aromatic heterocycles. The summed E-state index contributed by atoms with van der Waals surface area (Å²) < 4.78 is 0. The second-order valence-electron chi connectivity index (χ2n) is 6.11. The van der Waals surface area contributed by atoms with E-state index in [-0.39, 0.29) is 17.2 Å². The SMILES string of the molecule is CCc1cccnc1C(=O)N1CCC2(CC1)CNC(=O)C2. The number of hydrogen-bond acceptors (Lipinski definition) is 3. The van der Waals surface area contributed by atoms with Gasteiger partial charge in [-0.1, -0.05) is 13.0 Å². The van der Waals surface area contributed by atoms with Crippen LogP contribution in [-0.4, -0.2) is 41.3 Å². The fraction of sp³-hybridized carbons (Fsp3) is 0.562. The van der Waals surface area contributed by atoms with Crippen molar-refractivity contribution in [3.05, 3.63) is 29.6 Å². The fourth-order valence-electron chi connectivity index (χ4n) is 3.36. The van der Waals surface area contributed by atoms with Crippen LogP contribution in [0.4, 0.5) is 0 Å². The van der Waals surface area contributed by atoms with E-state index in [2.05, 4.69) is 10.3 Å². The van der Waals surface area contributed by atoms with Crippen molar-refractivity contribution in [2.45, 2.75) is 32.6 Å². The van der Waals surface area contributed by atoms with Crippen molar-refractivity contribution in [2.24, 2.45) is 5.41 Å². The molecule has 21 heavy (non-hydrogen) atoms. The maximum atomic E-state index is 12.6. The van der Waals surface area contributed by atoms with Crippen LogP contribution in [0.25, 0.3) is 0 Å². The number of likely N-dealkylation sites (tertiary alicyclic amines) is 1. The number of pyridine rings is 1. The van der Waals surface area contributed by atoms with Crippen molar-refractivity contribution in [3.63, 3.8) is 0 Å². The van der Waals surface area contributed by atoms with Crippen molar-refractivity contribution in [2.75, 3.05) is 19.6 Å². The van der Waals surface area contributed by atoms with Crippen LogP contribution >= 0.6 is 0 Å². The van der Waals surface area contributed by atoms with Gasteiger partial charge in [0.2, 0.25) is 5.91 Å². The average Bonchev–Trinajstić information content (AvgIpc) is 2.88. The van der Waals surface area contributed by atoms with E-state index < -0.39 is 0 Å². The summed E-state index contributed by atoms with van der Waals surface area (Å²) >= 11 is 0. The lowest BCUT2D eigenvalue weighted by molar-refractivity contribution is -0.119. The van der Waals surface area contributed by atoms with Crippen LogP contribution in [0.5, 0.6) is 0 Å².